The average molecular weight is 295 g/mol. The van der Waals surface area contributed by atoms with Crippen LogP contribution < -0.4 is 4.74 Å². The van der Waals surface area contributed by atoms with E-state index < -0.39 is 6.10 Å². The summed E-state index contributed by atoms with van der Waals surface area (Å²) < 4.78 is 7.29. The first kappa shape index (κ1) is 16.3. The molecule has 1 fully saturated rings. The van der Waals surface area contributed by atoms with Gasteiger partial charge in [-0.1, -0.05) is 6.42 Å². The van der Waals surface area contributed by atoms with Crippen molar-refractivity contribution in [3.05, 3.63) is 11.9 Å². The Labute approximate surface area is 127 Å². The van der Waals surface area contributed by atoms with Crippen molar-refractivity contribution < 1.29 is 9.84 Å². The van der Waals surface area contributed by atoms with Crippen molar-refractivity contribution in [2.75, 3.05) is 20.2 Å². The van der Waals surface area contributed by atoms with Crippen LogP contribution in [0.1, 0.15) is 64.8 Å². The number of aliphatic hydroxyl groups is 1. The van der Waals surface area contributed by atoms with Gasteiger partial charge in [0.05, 0.1) is 13.3 Å². The van der Waals surface area contributed by atoms with Gasteiger partial charge in [0, 0.05) is 11.6 Å². The average Bonchev–Trinajstić information content (AvgIpc) is 2.91. The predicted molar refractivity (Wildman–Crippen MR) is 83.6 cm³/mol. The maximum atomic E-state index is 11.0. The lowest BCUT2D eigenvalue weighted by Gasteiger charge is -2.44. The van der Waals surface area contributed by atoms with Crippen LogP contribution in [0.15, 0.2) is 6.20 Å². The maximum absolute atomic E-state index is 11.0. The lowest BCUT2D eigenvalue weighted by atomic mass is 9.90. The molecule has 2 rings (SSSR count). The Kier molecular flexibility index (Phi) is 4.94. The quantitative estimate of drug-likeness (QED) is 0.907. The topological polar surface area (TPSA) is 50.5 Å². The van der Waals surface area contributed by atoms with E-state index in [4.69, 9.17) is 4.74 Å². The molecule has 1 aliphatic heterocycles. The summed E-state index contributed by atoms with van der Waals surface area (Å²) >= 11 is 0. The molecule has 5 nitrogen and oxygen atoms in total. The molecule has 120 valence electrons. The molecule has 0 saturated carbocycles. The zero-order chi connectivity index (χ0) is 15.6. The van der Waals surface area contributed by atoms with Crippen molar-refractivity contribution in [2.24, 2.45) is 0 Å². The molecular weight excluding hydrogens is 266 g/mol. The second-order valence-corrected chi connectivity index (χ2v) is 6.74. The third kappa shape index (κ3) is 3.09. The zero-order valence-electron chi connectivity index (χ0n) is 14.0. The molecule has 0 radical (unpaired) electrons. The molecule has 2 heterocycles. The summed E-state index contributed by atoms with van der Waals surface area (Å²) in [5.74, 6) is 0.668. The van der Waals surface area contributed by atoms with Gasteiger partial charge in [-0.15, -0.1) is 0 Å². The number of methoxy groups -OCH3 is 1. The number of aromatic nitrogens is 2. The van der Waals surface area contributed by atoms with Gasteiger partial charge < -0.3 is 9.84 Å². The normalized spacial score (nSPS) is 19.0. The number of aliphatic hydroxyl groups excluding tert-OH is 1. The highest BCUT2D eigenvalue weighted by Gasteiger charge is 2.39. The Hall–Kier alpha value is -1.07. The summed E-state index contributed by atoms with van der Waals surface area (Å²) in [6.07, 6.45) is 4.77. The molecule has 0 spiro atoms. The molecule has 1 aromatic rings. The molecule has 1 atom stereocenters. The van der Waals surface area contributed by atoms with Crippen molar-refractivity contribution in [2.45, 2.75) is 64.6 Å². The Morgan fingerprint density at radius 1 is 1.24 bits per heavy atom. The summed E-state index contributed by atoms with van der Waals surface area (Å²) in [6.45, 7) is 10.4. The van der Waals surface area contributed by atoms with E-state index in [2.05, 4.69) is 37.7 Å². The molecule has 1 saturated heterocycles. The van der Waals surface area contributed by atoms with E-state index in [9.17, 15) is 5.11 Å². The number of ether oxygens (including phenoxy) is 1. The number of nitrogens with zero attached hydrogens (tertiary/aromatic N) is 3. The van der Waals surface area contributed by atoms with Gasteiger partial charge in [-0.2, -0.15) is 5.10 Å². The minimum Gasteiger partial charge on any atom is -0.493 e. The van der Waals surface area contributed by atoms with Crippen LogP contribution in [0.2, 0.25) is 0 Å². The summed E-state index contributed by atoms with van der Waals surface area (Å²) in [4.78, 5) is 2.39. The zero-order valence-corrected chi connectivity index (χ0v) is 14.0. The first-order chi connectivity index (χ1) is 9.89. The lowest BCUT2D eigenvalue weighted by molar-refractivity contribution is -0.0266. The Bertz CT molecular complexity index is 462. The second-order valence-electron chi connectivity index (χ2n) is 6.74. The Balaban J connectivity index is 2.33. The van der Waals surface area contributed by atoms with E-state index in [-0.39, 0.29) is 11.6 Å². The van der Waals surface area contributed by atoms with Crippen LogP contribution in [0.3, 0.4) is 0 Å². The van der Waals surface area contributed by atoms with Crippen molar-refractivity contribution in [1.29, 1.82) is 0 Å². The van der Waals surface area contributed by atoms with E-state index in [0.29, 0.717) is 5.75 Å². The number of hydrogen-bond acceptors (Lipinski definition) is 4. The van der Waals surface area contributed by atoms with Gasteiger partial charge >= 0.3 is 0 Å². The molecule has 0 aromatic carbocycles. The van der Waals surface area contributed by atoms with Crippen molar-refractivity contribution in [1.82, 2.24) is 14.7 Å². The molecule has 1 aliphatic rings. The molecule has 1 N–H and O–H groups in total. The van der Waals surface area contributed by atoms with Gasteiger partial charge in [0.1, 0.15) is 11.8 Å². The van der Waals surface area contributed by atoms with Gasteiger partial charge in [-0.05, 0) is 53.6 Å². The first-order valence-electron chi connectivity index (χ1n) is 7.94. The standard InChI is InChI=1S/C16H29N3O2/c1-12(2)19-14(13(21-5)11-17-19)15(20)16(3,4)18-9-7-6-8-10-18/h11-12,15,20H,6-10H2,1-5H3. The predicted octanol–water partition coefficient (Wildman–Crippen LogP) is 2.77. The van der Waals surface area contributed by atoms with Crippen molar-refractivity contribution in [3.8, 4) is 5.75 Å². The third-order valence-corrected chi connectivity index (χ3v) is 4.61. The van der Waals surface area contributed by atoms with Crippen LogP contribution in [0.5, 0.6) is 5.75 Å². The maximum Gasteiger partial charge on any atom is 0.162 e. The monoisotopic (exact) mass is 295 g/mol. The highest BCUT2D eigenvalue weighted by Crippen LogP contribution is 2.38. The smallest absolute Gasteiger partial charge is 0.162 e. The van der Waals surface area contributed by atoms with Crippen LogP contribution in [-0.4, -0.2) is 45.5 Å². The van der Waals surface area contributed by atoms with Gasteiger partial charge in [0.2, 0.25) is 0 Å². The molecule has 0 amide bonds. The highest BCUT2D eigenvalue weighted by atomic mass is 16.5. The number of likely N-dealkylation sites (tertiary alicyclic amines) is 1. The fourth-order valence-electron chi connectivity index (χ4n) is 3.16. The van der Waals surface area contributed by atoms with Gasteiger partial charge in [0.25, 0.3) is 0 Å². The van der Waals surface area contributed by atoms with E-state index in [0.717, 1.165) is 18.8 Å². The fraction of sp³-hybridized carbons (Fsp3) is 0.812. The van der Waals surface area contributed by atoms with Gasteiger partial charge in [-0.3, -0.25) is 9.58 Å². The van der Waals surface area contributed by atoms with E-state index in [1.807, 2.05) is 4.68 Å². The SMILES string of the molecule is COc1cnn(C(C)C)c1C(O)C(C)(C)N1CCCCC1. The summed E-state index contributed by atoms with van der Waals surface area (Å²) in [7, 11) is 1.63. The molecule has 0 bridgehead atoms. The molecule has 0 aliphatic carbocycles. The Morgan fingerprint density at radius 3 is 2.38 bits per heavy atom. The number of piperidine rings is 1. The lowest BCUT2D eigenvalue weighted by Crippen LogP contribution is -2.51. The van der Waals surface area contributed by atoms with E-state index in [1.165, 1.54) is 19.3 Å². The summed E-state index contributed by atoms with van der Waals surface area (Å²) in [5.41, 5.74) is 0.448. The largest absolute Gasteiger partial charge is 0.493 e. The van der Waals surface area contributed by atoms with Crippen LogP contribution in [0.4, 0.5) is 0 Å². The molecule has 1 aromatic heterocycles. The molecule has 5 heteroatoms. The summed E-state index contributed by atoms with van der Waals surface area (Å²) in [5, 5.41) is 15.4. The fourth-order valence-corrected chi connectivity index (χ4v) is 3.16. The van der Waals surface area contributed by atoms with Crippen LogP contribution in [0, 0.1) is 0 Å². The molecule has 21 heavy (non-hydrogen) atoms. The molecular formula is C16H29N3O2. The van der Waals surface area contributed by atoms with Crippen LogP contribution >= 0.6 is 0 Å². The number of rotatable bonds is 5. The van der Waals surface area contributed by atoms with Gasteiger partial charge in [-0.25, -0.2) is 0 Å². The van der Waals surface area contributed by atoms with Crippen LogP contribution in [-0.2, 0) is 0 Å². The van der Waals surface area contributed by atoms with Gasteiger partial charge in [0.15, 0.2) is 5.75 Å². The second kappa shape index (κ2) is 6.36. The summed E-state index contributed by atoms with van der Waals surface area (Å²) in [6, 6.07) is 0.190. The minimum atomic E-state index is -0.629. The minimum absolute atomic E-state index is 0.190. The third-order valence-electron chi connectivity index (χ3n) is 4.61. The van der Waals surface area contributed by atoms with E-state index >= 15 is 0 Å². The van der Waals surface area contributed by atoms with Crippen molar-refractivity contribution in [3.63, 3.8) is 0 Å². The molecule has 1 unspecified atom stereocenters. The first-order valence-corrected chi connectivity index (χ1v) is 7.94. The Morgan fingerprint density at radius 2 is 1.86 bits per heavy atom. The van der Waals surface area contributed by atoms with Crippen molar-refractivity contribution >= 4 is 0 Å². The van der Waals surface area contributed by atoms with Crippen LogP contribution in [0.25, 0.3) is 0 Å². The number of hydrogen-bond donors (Lipinski definition) is 1. The van der Waals surface area contributed by atoms with E-state index in [1.54, 1.807) is 13.3 Å². The highest BCUT2D eigenvalue weighted by molar-refractivity contribution is 5.30.